The zero-order valence-electron chi connectivity index (χ0n) is 18.5. The summed E-state index contributed by atoms with van der Waals surface area (Å²) in [7, 11) is 4.00. The normalized spacial score (nSPS) is 16.3. The largest absolute Gasteiger partial charge is 0.477 e. The average Bonchev–Trinajstić information content (AvgIpc) is 3.10. The van der Waals surface area contributed by atoms with Gasteiger partial charge in [-0.25, -0.2) is 0 Å². The molecule has 2 aromatic carbocycles. The third-order valence-corrected chi connectivity index (χ3v) is 5.86. The quantitative estimate of drug-likeness (QED) is 0.575. The summed E-state index contributed by atoms with van der Waals surface area (Å²) in [6.45, 7) is 3.92. The number of rotatable bonds is 4. The molecule has 0 aliphatic carbocycles. The van der Waals surface area contributed by atoms with Crippen LogP contribution in [0.1, 0.15) is 32.6 Å². The molecule has 6 heteroatoms. The van der Waals surface area contributed by atoms with E-state index in [1.54, 1.807) is 18.5 Å². The summed E-state index contributed by atoms with van der Waals surface area (Å²) >= 11 is 0. The molecule has 32 heavy (non-hydrogen) atoms. The first-order valence-electron chi connectivity index (χ1n) is 10.6. The fourth-order valence-electron chi connectivity index (χ4n) is 4.16. The van der Waals surface area contributed by atoms with Crippen molar-refractivity contribution in [2.24, 2.45) is 0 Å². The Balaban J connectivity index is 1.40. The lowest BCUT2D eigenvalue weighted by atomic mass is 10.00. The highest BCUT2D eigenvalue weighted by Gasteiger charge is 2.33. The minimum Gasteiger partial charge on any atom is -0.477 e. The van der Waals surface area contributed by atoms with E-state index in [2.05, 4.69) is 9.88 Å². The summed E-state index contributed by atoms with van der Waals surface area (Å²) in [5.74, 6) is 1.68. The molecule has 2 aliphatic rings. The summed E-state index contributed by atoms with van der Waals surface area (Å²) < 4.78 is 12.1. The fourth-order valence-corrected chi connectivity index (χ4v) is 4.16. The van der Waals surface area contributed by atoms with E-state index in [1.165, 1.54) is 5.56 Å². The third-order valence-electron chi connectivity index (χ3n) is 5.86. The SMILES string of the molecule is Cc1c2c(cc3c1O/C(=C\c1ccc(N(C)C)cc1)C3=O)CN(Cc1ccncc1)CO2. The summed E-state index contributed by atoms with van der Waals surface area (Å²) in [5, 5.41) is 0. The third kappa shape index (κ3) is 3.74. The van der Waals surface area contributed by atoms with Crippen LogP contribution >= 0.6 is 0 Å². The number of anilines is 1. The van der Waals surface area contributed by atoms with Crippen molar-refractivity contribution in [3.05, 3.63) is 88.4 Å². The van der Waals surface area contributed by atoms with Crippen molar-refractivity contribution in [1.82, 2.24) is 9.88 Å². The second-order valence-corrected chi connectivity index (χ2v) is 8.41. The van der Waals surface area contributed by atoms with E-state index in [0.29, 0.717) is 30.3 Å². The first-order chi connectivity index (χ1) is 15.5. The molecule has 0 saturated carbocycles. The van der Waals surface area contributed by atoms with Gasteiger partial charge in [-0.15, -0.1) is 0 Å². The molecule has 0 radical (unpaired) electrons. The second kappa shape index (κ2) is 8.13. The average molecular weight is 428 g/mol. The fraction of sp³-hybridized carbons (Fsp3) is 0.231. The van der Waals surface area contributed by atoms with E-state index in [0.717, 1.165) is 34.7 Å². The second-order valence-electron chi connectivity index (χ2n) is 8.41. The van der Waals surface area contributed by atoms with Crippen LogP contribution in [0.15, 0.2) is 60.6 Å². The molecule has 0 N–H and O–H groups in total. The zero-order valence-corrected chi connectivity index (χ0v) is 18.5. The molecule has 162 valence electrons. The zero-order chi connectivity index (χ0) is 22.2. The van der Waals surface area contributed by atoms with Gasteiger partial charge in [0, 0.05) is 56.4 Å². The number of carbonyl (C=O) groups is 1. The van der Waals surface area contributed by atoms with Gasteiger partial charge >= 0.3 is 0 Å². The van der Waals surface area contributed by atoms with Gasteiger partial charge in [-0.05, 0) is 54.5 Å². The van der Waals surface area contributed by atoms with Crippen molar-refractivity contribution in [2.45, 2.75) is 20.0 Å². The number of aromatic nitrogens is 1. The molecule has 0 unspecified atom stereocenters. The van der Waals surface area contributed by atoms with Crippen molar-refractivity contribution in [3.8, 4) is 11.5 Å². The summed E-state index contributed by atoms with van der Waals surface area (Å²) in [4.78, 5) is 21.4. The molecule has 0 saturated heterocycles. The Hall–Kier alpha value is -3.64. The molecule has 5 rings (SSSR count). The molecule has 3 heterocycles. The molecule has 0 spiro atoms. The van der Waals surface area contributed by atoms with E-state index in [4.69, 9.17) is 9.47 Å². The van der Waals surface area contributed by atoms with Crippen LogP contribution in [0.25, 0.3) is 6.08 Å². The van der Waals surface area contributed by atoms with Gasteiger partial charge in [-0.2, -0.15) is 0 Å². The highest BCUT2D eigenvalue weighted by atomic mass is 16.5. The van der Waals surface area contributed by atoms with E-state index in [9.17, 15) is 4.79 Å². The number of Topliss-reactive ketones (excluding diaryl/α,β-unsaturated/α-hetero) is 1. The summed E-state index contributed by atoms with van der Waals surface area (Å²) in [6, 6.07) is 13.9. The lowest BCUT2D eigenvalue weighted by Crippen LogP contribution is -2.32. The molecule has 3 aromatic rings. The van der Waals surface area contributed by atoms with Crippen LogP contribution in [0, 0.1) is 6.92 Å². The van der Waals surface area contributed by atoms with Crippen molar-refractivity contribution in [2.75, 3.05) is 25.7 Å². The van der Waals surface area contributed by atoms with Gasteiger partial charge in [-0.3, -0.25) is 14.7 Å². The standard InChI is InChI=1S/C26H25N3O3/c1-17-25-20(15-29(16-31-25)14-19-8-10-27-11-9-19)13-22-24(30)23(32-26(17)22)12-18-4-6-21(7-5-18)28(2)3/h4-13H,14-16H2,1-3H3/b23-12-. The molecule has 2 aliphatic heterocycles. The molecule has 1 aromatic heterocycles. The van der Waals surface area contributed by atoms with Crippen molar-refractivity contribution >= 4 is 17.5 Å². The van der Waals surface area contributed by atoms with Gasteiger partial charge in [0.1, 0.15) is 18.2 Å². The first kappa shape index (κ1) is 20.3. The predicted molar refractivity (Wildman–Crippen MR) is 124 cm³/mol. The Bertz CT molecular complexity index is 1200. The minimum atomic E-state index is -0.0890. The molecule has 0 atom stereocenters. The number of allylic oxidation sites excluding steroid dienone is 1. The lowest BCUT2D eigenvalue weighted by molar-refractivity contribution is 0.0876. The Morgan fingerprint density at radius 2 is 1.84 bits per heavy atom. The number of benzene rings is 2. The van der Waals surface area contributed by atoms with Gasteiger partial charge in [0.05, 0.1) is 5.56 Å². The predicted octanol–water partition coefficient (Wildman–Crippen LogP) is 4.42. The van der Waals surface area contributed by atoms with E-state index >= 15 is 0 Å². The van der Waals surface area contributed by atoms with Crippen molar-refractivity contribution in [1.29, 1.82) is 0 Å². The maximum atomic E-state index is 13.1. The summed E-state index contributed by atoms with van der Waals surface area (Å²) in [5.41, 5.74) is 5.69. The number of pyridine rings is 1. The van der Waals surface area contributed by atoms with Crippen LogP contribution in [0.4, 0.5) is 5.69 Å². The highest BCUT2D eigenvalue weighted by molar-refractivity contribution is 6.15. The molecule has 0 fully saturated rings. The van der Waals surface area contributed by atoms with Crippen LogP contribution < -0.4 is 14.4 Å². The van der Waals surface area contributed by atoms with E-state index in [1.807, 2.05) is 68.4 Å². The topological polar surface area (TPSA) is 54.9 Å². The van der Waals surface area contributed by atoms with Crippen LogP contribution in [-0.4, -0.2) is 36.5 Å². The maximum absolute atomic E-state index is 13.1. The molecule has 0 amide bonds. The first-order valence-corrected chi connectivity index (χ1v) is 10.6. The Morgan fingerprint density at radius 3 is 2.56 bits per heavy atom. The lowest BCUT2D eigenvalue weighted by Gasteiger charge is -2.30. The Kier molecular flexibility index (Phi) is 5.15. The molecule has 6 nitrogen and oxygen atoms in total. The van der Waals surface area contributed by atoms with Gasteiger partial charge in [-0.1, -0.05) is 12.1 Å². The number of hydrogen-bond acceptors (Lipinski definition) is 6. The Morgan fingerprint density at radius 1 is 1.09 bits per heavy atom. The van der Waals surface area contributed by atoms with Crippen molar-refractivity contribution in [3.63, 3.8) is 0 Å². The van der Waals surface area contributed by atoms with Crippen LogP contribution in [0.3, 0.4) is 0 Å². The van der Waals surface area contributed by atoms with Gasteiger partial charge < -0.3 is 14.4 Å². The monoisotopic (exact) mass is 427 g/mol. The van der Waals surface area contributed by atoms with Gasteiger partial charge in [0.15, 0.2) is 5.76 Å². The van der Waals surface area contributed by atoms with E-state index in [-0.39, 0.29) is 5.78 Å². The maximum Gasteiger partial charge on any atom is 0.231 e. The van der Waals surface area contributed by atoms with Gasteiger partial charge in [0.2, 0.25) is 5.78 Å². The Labute approximate surface area is 187 Å². The number of fused-ring (bicyclic) bond motifs is 2. The van der Waals surface area contributed by atoms with E-state index < -0.39 is 0 Å². The number of ketones is 1. The number of carbonyl (C=O) groups excluding carboxylic acids is 1. The van der Waals surface area contributed by atoms with Gasteiger partial charge in [0.25, 0.3) is 0 Å². The molecular weight excluding hydrogens is 402 g/mol. The minimum absolute atomic E-state index is 0.0890. The highest BCUT2D eigenvalue weighted by Crippen LogP contribution is 2.43. The number of hydrogen-bond donors (Lipinski definition) is 0. The van der Waals surface area contributed by atoms with Crippen LogP contribution in [-0.2, 0) is 13.1 Å². The van der Waals surface area contributed by atoms with Crippen molar-refractivity contribution < 1.29 is 14.3 Å². The number of ether oxygens (including phenoxy) is 2. The number of nitrogens with zero attached hydrogens (tertiary/aromatic N) is 3. The van der Waals surface area contributed by atoms with Crippen LogP contribution in [0.5, 0.6) is 11.5 Å². The summed E-state index contributed by atoms with van der Waals surface area (Å²) in [6.07, 6.45) is 5.39. The smallest absolute Gasteiger partial charge is 0.231 e. The van der Waals surface area contributed by atoms with Crippen LogP contribution in [0.2, 0.25) is 0 Å². The molecule has 0 bridgehead atoms. The molecular formula is C26H25N3O3.